The van der Waals surface area contributed by atoms with E-state index < -0.39 is 10.1 Å². The van der Waals surface area contributed by atoms with Gasteiger partial charge >= 0.3 is 0 Å². The van der Waals surface area contributed by atoms with Gasteiger partial charge in [0.2, 0.25) is 0 Å². The number of rotatable bonds is 1. The Kier molecular flexibility index (Phi) is 2.15. The first kappa shape index (κ1) is 8.49. The van der Waals surface area contributed by atoms with Gasteiger partial charge in [-0.3, -0.25) is 4.55 Å². The van der Waals surface area contributed by atoms with Crippen molar-refractivity contribution >= 4 is 10.1 Å². The fraction of sp³-hybridized carbons (Fsp3) is 0.429. The summed E-state index contributed by atoms with van der Waals surface area (Å²) in [6, 6.07) is 0. The Labute approximate surface area is 66.2 Å². The van der Waals surface area contributed by atoms with Crippen LogP contribution in [0.2, 0.25) is 0 Å². The summed E-state index contributed by atoms with van der Waals surface area (Å²) in [4.78, 5) is 0.00981. The molecule has 0 aliphatic heterocycles. The van der Waals surface area contributed by atoms with Gasteiger partial charge in [-0.2, -0.15) is 8.42 Å². The van der Waals surface area contributed by atoms with Crippen molar-refractivity contribution in [1.29, 1.82) is 0 Å². The molecule has 0 unspecified atom stereocenters. The van der Waals surface area contributed by atoms with E-state index >= 15 is 0 Å². The molecule has 11 heavy (non-hydrogen) atoms. The number of allylic oxidation sites excluding steroid dienone is 3. The molecule has 0 saturated carbocycles. The van der Waals surface area contributed by atoms with Crippen LogP contribution in [-0.2, 0) is 10.1 Å². The molecule has 0 aromatic carbocycles. The summed E-state index contributed by atoms with van der Waals surface area (Å²) in [6.07, 6.45) is 5.40. The second-order valence-corrected chi connectivity index (χ2v) is 4.08. The van der Waals surface area contributed by atoms with Gasteiger partial charge in [0.15, 0.2) is 0 Å². The molecule has 0 radical (unpaired) electrons. The minimum atomic E-state index is -3.97. The summed E-state index contributed by atoms with van der Waals surface area (Å²) < 4.78 is 29.6. The van der Waals surface area contributed by atoms with Crippen molar-refractivity contribution in [3.05, 3.63) is 23.1 Å². The monoisotopic (exact) mass is 174 g/mol. The normalized spacial score (nSPS) is 24.9. The first-order valence-corrected chi connectivity index (χ1v) is 4.80. The van der Waals surface area contributed by atoms with Gasteiger partial charge in [-0.25, -0.2) is 0 Å². The standard InChI is InChI=1S/C7H10O3S/c1-6-2-4-7(5-3-6)11(8,9)10/h2,4-6H,3H2,1H3,(H,8,9,10)/t6-/m1/s1. The lowest BCUT2D eigenvalue weighted by molar-refractivity contribution is 0.491. The molecule has 1 aliphatic rings. The van der Waals surface area contributed by atoms with Crippen molar-refractivity contribution < 1.29 is 13.0 Å². The van der Waals surface area contributed by atoms with Gasteiger partial charge in [-0.15, -0.1) is 0 Å². The largest absolute Gasteiger partial charge is 0.294 e. The van der Waals surface area contributed by atoms with Gasteiger partial charge in [0.05, 0.1) is 4.91 Å². The molecule has 0 spiro atoms. The molecule has 1 N–H and O–H groups in total. The lowest BCUT2D eigenvalue weighted by atomic mass is 10.0. The van der Waals surface area contributed by atoms with Crippen molar-refractivity contribution in [2.75, 3.05) is 0 Å². The Morgan fingerprint density at radius 2 is 2.27 bits per heavy atom. The first-order chi connectivity index (χ1) is 5.00. The molecule has 0 bridgehead atoms. The molecule has 1 atom stereocenters. The van der Waals surface area contributed by atoms with E-state index in [0.29, 0.717) is 12.3 Å². The topological polar surface area (TPSA) is 54.4 Å². The molecular weight excluding hydrogens is 164 g/mol. The summed E-state index contributed by atoms with van der Waals surface area (Å²) in [5.41, 5.74) is 0. The zero-order chi connectivity index (χ0) is 8.48. The van der Waals surface area contributed by atoms with E-state index in [1.807, 2.05) is 6.92 Å². The third-order valence-electron chi connectivity index (χ3n) is 1.58. The zero-order valence-electron chi connectivity index (χ0n) is 6.19. The van der Waals surface area contributed by atoms with Gasteiger partial charge in [0, 0.05) is 0 Å². The van der Waals surface area contributed by atoms with E-state index in [9.17, 15) is 8.42 Å². The molecule has 0 aromatic rings. The molecule has 0 saturated heterocycles. The van der Waals surface area contributed by atoms with Crippen LogP contribution in [0.4, 0.5) is 0 Å². The smallest absolute Gasteiger partial charge is 0.282 e. The van der Waals surface area contributed by atoms with E-state index in [1.165, 1.54) is 12.2 Å². The molecule has 0 heterocycles. The molecule has 1 rings (SSSR count). The maximum Gasteiger partial charge on any atom is 0.294 e. The molecule has 0 fully saturated rings. The van der Waals surface area contributed by atoms with Crippen LogP contribution in [0.1, 0.15) is 13.3 Å². The van der Waals surface area contributed by atoms with Crippen molar-refractivity contribution in [2.24, 2.45) is 5.92 Å². The van der Waals surface area contributed by atoms with E-state index in [2.05, 4.69) is 0 Å². The quantitative estimate of drug-likeness (QED) is 0.610. The highest BCUT2D eigenvalue weighted by Crippen LogP contribution is 2.18. The molecule has 4 heteroatoms. The van der Waals surface area contributed by atoms with Crippen LogP contribution in [0.3, 0.4) is 0 Å². The summed E-state index contributed by atoms with van der Waals surface area (Å²) in [7, 11) is -3.97. The Balaban J connectivity index is 2.89. The molecule has 62 valence electrons. The predicted octanol–water partition coefficient (Wildman–Crippen LogP) is 1.35. The Morgan fingerprint density at radius 3 is 2.64 bits per heavy atom. The van der Waals surface area contributed by atoms with Gasteiger partial charge in [-0.1, -0.05) is 19.1 Å². The third-order valence-corrected chi connectivity index (χ3v) is 2.48. The average Bonchev–Trinajstić information content (AvgIpc) is 1.86. The Morgan fingerprint density at radius 1 is 1.64 bits per heavy atom. The highest BCUT2D eigenvalue weighted by atomic mass is 32.2. The van der Waals surface area contributed by atoms with Crippen molar-refractivity contribution in [2.45, 2.75) is 13.3 Å². The molecule has 0 aromatic heterocycles. The van der Waals surface area contributed by atoms with Crippen LogP contribution >= 0.6 is 0 Å². The lowest BCUT2D eigenvalue weighted by Gasteiger charge is -2.08. The van der Waals surface area contributed by atoms with Gasteiger partial charge in [-0.05, 0) is 18.4 Å². The third kappa shape index (κ3) is 2.17. The van der Waals surface area contributed by atoms with Crippen molar-refractivity contribution in [3.63, 3.8) is 0 Å². The van der Waals surface area contributed by atoms with Crippen LogP contribution in [0.5, 0.6) is 0 Å². The van der Waals surface area contributed by atoms with Crippen LogP contribution in [0, 0.1) is 5.92 Å². The number of hydrogen-bond donors (Lipinski definition) is 1. The van der Waals surface area contributed by atoms with Crippen LogP contribution in [0.15, 0.2) is 23.1 Å². The maximum atomic E-state index is 10.5. The first-order valence-electron chi connectivity index (χ1n) is 3.36. The Hall–Kier alpha value is -0.610. The average molecular weight is 174 g/mol. The van der Waals surface area contributed by atoms with E-state index in [0.717, 1.165) is 0 Å². The minimum absolute atomic E-state index is 0.00981. The van der Waals surface area contributed by atoms with E-state index in [4.69, 9.17) is 4.55 Å². The molecule has 0 amide bonds. The SMILES string of the molecule is C[C@@H]1C=CC(S(=O)(=O)O)=CC1. The highest BCUT2D eigenvalue weighted by molar-refractivity contribution is 7.90. The summed E-state index contributed by atoms with van der Waals surface area (Å²) >= 11 is 0. The molecule has 3 nitrogen and oxygen atoms in total. The van der Waals surface area contributed by atoms with Crippen LogP contribution in [0.25, 0.3) is 0 Å². The lowest BCUT2D eigenvalue weighted by Crippen LogP contribution is -2.04. The van der Waals surface area contributed by atoms with Crippen molar-refractivity contribution in [3.8, 4) is 0 Å². The fourth-order valence-electron chi connectivity index (χ4n) is 0.899. The van der Waals surface area contributed by atoms with Gasteiger partial charge < -0.3 is 0 Å². The van der Waals surface area contributed by atoms with Crippen LogP contribution < -0.4 is 0 Å². The van der Waals surface area contributed by atoms with Crippen molar-refractivity contribution in [1.82, 2.24) is 0 Å². The Bertz CT molecular complexity index is 298. The van der Waals surface area contributed by atoms with Gasteiger partial charge in [0.1, 0.15) is 0 Å². The van der Waals surface area contributed by atoms with E-state index in [-0.39, 0.29) is 4.91 Å². The minimum Gasteiger partial charge on any atom is -0.282 e. The van der Waals surface area contributed by atoms with E-state index in [1.54, 1.807) is 6.08 Å². The second-order valence-electron chi connectivity index (χ2n) is 2.65. The zero-order valence-corrected chi connectivity index (χ0v) is 7.00. The molecular formula is C7H10O3S. The molecule has 1 aliphatic carbocycles. The maximum absolute atomic E-state index is 10.5. The van der Waals surface area contributed by atoms with Gasteiger partial charge in [0.25, 0.3) is 10.1 Å². The second kappa shape index (κ2) is 2.79. The summed E-state index contributed by atoms with van der Waals surface area (Å²) in [6.45, 7) is 1.98. The highest BCUT2D eigenvalue weighted by Gasteiger charge is 2.13. The fourth-order valence-corrected chi connectivity index (χ4v) is 1.46. The number of hydrogen-bond acceptors (Lipinski definition) is 2. The van der Waals surface area contributed by atoms with Crippen LogP contribution in [-0.4, -0.2) is 13.0 Å². The summed E-state index contributed by atoms with van der Waals surface area (Å²) in [5, 5.41) is 0. The predicted molar refractivity (Wildman–Crippen MR) is 42.6 cm³/mol. The summed E-state index contributed by atoms with van der Waals surface area (Å²) in [5.74, 6) is 0.362.